The van der Waals surface area contributed by atoms with Crippen molar-refractivity contribution in [2.45, 2.75) is 5.41 Å². The largest absolute Gasteiger partial charge is 0.497 e. The summed E-state index contributed by atoms with van der Waals surface area (Å²) >= 11 is 0. The van der Waals surface area contributed by atoms with E-state index in [9.17, 15) is 0 Å². The number of ether oxygens (including phenoxy) is 1. The average molecular weight is 988 g/mol. The third-order valence-corrected chi connectivity index (χ3v) is 15.3. The Bertz CT molecular complexity index is 4180. The van der Waals surface area contributed by atoms with Crippen LogP contribution in [0.25, 0.3) is 83.9 Å². The molecule has 2 heterocycles. The minimum Gasteiger partial charge on any atom is -0.497 e. The van der Waals surface area contributed by atoms with Crippen LogP contribution in [0.3, 0.4) is 0 Å². The lowest BCUT2D eigenvalue weighted by molar-refractivity contribution is 0.415. The molecule has 2 aromatic heterocycles. The Hall–Kier alpha value is -10.2. The van der Waals surface area contributed by atoms with Gasteiger partial charge in [0, 0.05) is 39.0 Å². The summed E-state index contributed by atoms with van der Waals surface area (Å²) in [5.74, 6) is 2.63. The molecule has 0 unspecified atom stereocenters. The van der Waals surface area contributed by atoms with E-state index in [0.29, 0.717) is 17.6 Å². The predicted molar refractivity (Wildman–Crippen MR) is 314 cm³/mol. The van der Waals surface area contributed by atoms with Crippen LogP contribution in [0.5, 0.6) is 5.75 Å². The number of para-hydroxylation sites is 1. The molecule has 0 bridgehead atoms. The highest BCUT2D eigenvalue weighted by Gasteiger charge is 2.46. The van der Waals surface area contributed by atoms with Crippen molar-refractivity contribution in [1.82, 2.24) is 19.5 Å². The second kappa shape index (κ2) is 19.0. The number of hydrogen-bond donors (Lipinski definition) is 0. The number of fused-ring (bicyclic) bond motifs is 6. The summed E-state index contributed by atoms with van der Waals surface area (Å²) in [5.41, 5.74) is 18.4. The lowest BCUT2D eigenvalue weighted by Gasteiger charge is -2.34. The van der Waals surface area contributed by atoms with Crippen LogP contribution < -0.4 is 9.64 Å². The number of anilines is 3. The molecule has 0 atom stereocenters. The molecule has 0 amide bonds. The van der Waals surface area contributed by atoms with Crippen molar-refractivity contribution in [3.05, 3.63) is 301 Å². The van der Waals surface area contributed by atoms with Crippen LogP contribution in [0.4, 0.5) is 17.1 Å². The lowest BCUT2D eigenvalue weighted by Crippen LogP contribution is -2.28. The Balaban J connectivity index is 0.905. The minimum atomic E-state index is -0.496. The molecule has 11 aromatic carbocycles. The van der Waals surface area contributed by atoms with Gasteiger partial charge in [-0.25, -0.2) is 4.98 Å². The van der Waals surface area contributed by atoms with E-state index >= 15 is 0 Å². The molecular weight excluding hydrogens is 939 g/mol. The van der Waals surface area contributed by atoms with E-state index < -0.39 is 5.41 Å². The zero-order valence-electron chi connectivity index (χ0n) is 42.2. The van der Waals surface area contributed by atoms with E-state index in [1.54, 1.807) is 7.11 Å². The molecule has 364 valence electrons. The quantitative estimate of drug-likeness (QED) is 0.129. The molecule has 6 heteroatoms. The second-order valence-corrected chi connectivity index (χ2v) is 19.5. The number of methoxy groups -OCH3 is 1. The molecule has 77 heavy (non-hydrogen) atoms. The van der Waals surface area contributed by atoms with Crippen molar-refractivity contribution in [3.63, 3.8) is 0 Å². The Morgan fingerprint density at radius 3 is 1.42 bits per heavy atom. The highest BCUT2D eigenvalue weighted by molar-refractivity contribution is 6.10. The van der Waals surface area contributed by atoms with Crippen LogP contribution in [-0.4, -0.2) is 26.6 Å². The molecule has 14 rings (SSSR count). The fourth-order valence-electron chi connectivity index (χ4n) is 11.7. The second-order valence-electron chi connectivity index (χ2n) is 19.5. The SMILES string of the molecule is COc1ccc(-c2ccc(N(c3ccc(-c4ccc5c6ccccc6n(-c6nc(-c7ccccc7)nc(-c7ccccc7)n6)c5c4)cc3)c3ccc4c(c3)-c3ccccc3C4(c3ccccc3)c3ccccc3)cc2)cc1. The molecule has 1 aliphatic rings. The summed E-state index contributed by atoms with van der Waals surface area (Å²) in [6.45, 7) is 0. The summed E-state index contributed by atoms with van der Waals surface area (Å²) in [5, 5.41) is 2.25. The van der Waals surface area contributed by atoms with Crippen LogP contribution >= 0.6 is 0 Å². The first-order valence-electron chi connectivity index (χ1n) is 26.0. The van der Waals surface area contributed by atoms with Crippen LogP contribution in [0.2, 0.25) is 0 Å². The number of benzene rings is 11. The van der Waals surface area contributed by atoms with Gasteiger partial charge in [-0.05, 0) is 116 Å². The highest BCUT2D eigenvalue weighted by Crippen LogP contribution is 2.57. The number of hydrogen-bond acceptors (Lipinski definition) is 5. The van der Waals surface area contributed by atoms with Gasteiger partial charge in [-0.1, -0.05) is 218 Å². The van der Waals surface area contributed by atoms with Crippen LogP contribution in [0, 0.1) is 0 Å². The Kier molecular flexibility index (Phi) is 11.2. The smallest absolute Gasteiger partial charge is 0.238 e. The summed E-state index contributed by atoms with van der Waals surface area (Å²) in [7, 11) is 1.70. The summed E-state index contributed by atoms with van der Waals surface area (Å²) in [6, 6.07) is 99.6. The Labute approximate surface area is 447 Å². The lowest BCUT2D eigenvalue weighted by atomic mass is 9.68. The Morgan fingerprint density at radius 2 is 0.818 bits per heavy atom. The topological polar surface area (TPSA) is 56.1 Å². The van der Waals surface area contributed by atoms with Gasteiger partial charge in [0.15, 0.2) is 11.6 Å². The first-order valence-corrected chi connectivity index (χ1v) is 26.0. The van der Waals surface area contributed by atoms with Crippen molar-refractivity contribution in [2.24, 2.45) is 0 Å². The molecule has 0 fully saturated rings. The molecule has 13 aromatic rings. The molecule has 0 radical (unpaired) electrons. The van der Waals surface area contributed by atoms with Gasteiger partial charge in [0.1, 0.15) is 5.75 Å². The van der Waals surface area contributed by atoms with E-state index in [1.165, 1.54) is 33.4 Å². The maximum Gasteiger partial charge on any atom is 0.238 e. The fraction of sp³-hybridized carbons (Fsp3) is 0.0282. The van der Waals surface area contributed by atoms with E-state index in [4.69, 9.17) is 19.7 Å². The van der Waals surface area contributed by atoms with Crippen molar-refractivity contribution in [3.8, 4) is 67.9 Å². The number of aromatic nitrogens is 4. The van der Waals surface area contributed by atoms with Gasteiger partial charge in [-0.15, -0.1) is 0 Å². The van der Waals surface area contributed by atoms with Crippen molar-refractivity contribution < 1.29 is 4.74 Å². The average Bonchev–Trinajstić information content (AvgIpc) is 4.23. The van der Waals surface area contributed by atoms with E-state index in [1.807, 2.05) is 72.8 Å². The van der Waals surface area contributed by atoms with E-state index in [0.717, 1.165) is 78.0 Å². The van der Waals surface area contributed by atoms with Gasteiger partial charge in [-0.2, -0.15) is 9.97 Å². The summed E-state index contributed by atoms with van der Waals surface area (Å²) in [6.07, 6.45) is 0. The van der Waals surface area contributed by atoms with Gasteiger partial charge in [0.2, 0.25) is 5.95 Å². The monoisotopic (exact) mass is 987 g/mol. The number of rotatable bonds is 11. The number of nitrogens with zero attached hydrogens (tertiary/aromatic N) is 5. The molecule has 0 aliphatic heterocycles. The van der Waals surface area contributed by atoms with E-state index in [-0.39, 0.29) is 0 Å². The molecule has 0 saturated carbocycles. The van der Waals surface area contributed by atoms with Crippen LogP contribution in [0.1, 0.15) is 22.3 Å². The van der Waals surface area contributed by atoms with Crippen molar-refractivity contribution in [1.29, 1.82) is 0 Å². The normalized spacial score (nSPS) is 12.3. The van der Waals surface area contributed by atoms with Gasteiger partial charge < -0.3 is 9.64 Å². The van der Waals surface area contributed by atoms with Gasteiger partial charge >= 0.3 is 0 Å². The van der Waals surface area contributed by atoms with Crippen molar-refractivity contribution >= 4 is 38.9 Å². The third kappa shape index (κ3) is 7.77. The van der Waals surface area contributed by atoms with Gasteiger partial charge in [0.05, 0.1) is 23.6 Å². The molecular formula is C71H49N5O. The zero-order chi connectivity index (χ0) is 51.3. The maximum atomic E-state index is 5.48. The molecule has 6 nitrogen and oxygen atoms in total. The zero-order valence-corrected chi connectivity index (χ0v) is 42.2. The maximum absolute atomic E-state index is 5.48. The molecule has 1 aliphatic carbocycles. The van der Waals surface area contributed by atoms with E-state index in [2.05, 4.69) is 216 Å². The van der Waals surface area contributed by atoms with Gasteiger partial charge in [0.25, 0.3) is 0 Å². The molecule has 0 saturated heterocycles. The molecule has 0 N–H and O–H groups in total. The first kappa shape index (κ1) is 45.4. The Morgan fingerprint density at radius 1 is 0.351 bits per heavy atom. The summed E-state index contributed by atoms with van der Waals surface area (Å²) in [4.78, 5) is 17.8. The fourth-order valence-corrected chi connectivity index (χ4v) is 11.7. The standard InChI is InChI=1S/C71H49N5O/c1-77-59-42-34-49(35-43-59)48-30-37-56(38-31-48)75(58-41-45-65-63(47-58)60-26-14-16-28-64(60)71(65,54-22-10-4-11-23-54)55-24-12-5-13-25-55)57-39-32-50(33-40-57)53-36-44-62-61-27-15-17-29-66(61)76(67(62)46-53)70-73-68(51-18-6-2-7-19-51)72-69(74-70)52-20-8-3-9-21-52/h2-47H,1H3. The highest BCUT2D eigenvalue weighted by atomic mass is 16.5. The first-order chi connectivity index (χ1) is 38.1. The third-order valence-electron chi connectivity index (χ3n) is 15.3. The van der Waals surface area contributed by atoms with Crippen LogP contribution in [0.15, 0.2) is 279 Å². The molecule has 0 spiro atoms. The predicted octanol–water partition coefficient (Wildman–Crippen LogP) is 17.5. The van der Waals surface area contributed by atoms with Crippen LogP contribution in [-0.2, 0) is 5.41 Å². The van der Waals surface area contributed by atoms with Gasteiger partial charge in [-0.3, -0.25) is 4.57 Å². The summed E-state index contributed by atoms with van der Waals surface area (Å²) < 4.78 is 7.67. The van der Waals surface area contributed by atoms with Crippen molar-refractivity contribution in [2.75, 3.05) is 12.0 Å². The minimum absolute atomic E-state index is 0.496.